The Labute approximate surface area is 227 Å². The van der Waals surface area contributed by atoms with E-state index in [-0.39, 0.29) is 0 Å². The lowest BCUT2D eigenvalue weighted by molar-refractivity contribution is 0.669. The summed E-state index contributed by atoms with van der Waals surface area (Å²) < 4.78 is 6.59. The van der Waals surface area contributed by atoms with Crippen LogP contribution in [0.25, 0.3) is 21.9 Å². The van der Waals surface area contributed by atoms with Gasteiger partial charge in [-0.3, -0.25) is 0 Å². The van der Waals surface area contributed by atoms with Gasteiger partial charge in [0.25, 0.3) is 0 Å². The molecule has 0 aliphatic heterocycles. The summed E-state index contributed by atoms with van der Waals surface area (Å²) in [6.45, 7) is 0. The lowest BCUT2D eigenvalue weighted by Crippen LogP contribution is -2.09. The average Bonchev–Trinajstić information content (AvgIpc) is 3.39. The maximum Gasteiger partial charge on any atom is 0.159 e. The third-order valence-corrected chi connectivity index (χ3v) is 7.02. The molecule has 0 radical (unpaired) electrons. The number of nitrogens with zero attached hydrogens (tertiary/aromatic N) is 2. The van der Waals surface area contributed by atoms with E-state index in [1.807, 2.05) is 24.3 Å². The molecule has 0 bridgehead atoms. The van der Waals surface area contributed by atoms with Crippen LogP contribution in [0, 0.1) is 0 Å². The van der Waals surface area contributed by atoms with Gasteiger partial charge in [0.1, 0.15) is 5.58 Å². The molecule has 39 heavy (non-hydrogen) atoms. The summed E-state index contributed by atoms with van der Waals surface area (Å²) in [4.78, 5) is 4.54. The van der Waals surface area contributed by atoms with Crippen LogP contribution in [0.5, 0.6) is 0 Å². The van der Waals surface area contributed by atoms with Gasteiger partial charge in [-0.05, 0) is 72.8 Å². The van der Waals surface area contributed by atoms with E-state index >= 15 is 0 Å². The zero-order chi connectivity index (χ0) is 26.0. The highest BCUT2D eigenvalue weighted by atomic mass is 16.3. The van der Waals surface area contributed by atoms with Gasteiger partial charge >= 0.3 is 0 Å². The number of rotatable bonds is 6. The van der Waals surface area contributed by atoms with Crippen molar-refractivity contribution in [2.75, 3.05) is 9.80 Å². The van der Waals surface area contributed by atoms with Gasteiger partial charge in [-0.15, -0.1) is 0 Å². The standard InChI is InChI=1S/C36H26N2O/c1-5-14-27(15-6-1)37(28-16-7-2-8-17-28)31-24-25-35-33(26-31)32-22-13-23-34(36(32)39-35)38(29-18-9-3-10-19-29)30-20-11-4-12-21-30/h1-26H. The van der Waals surface area contributed by atoms with E-state index in [0.29, 0.717) is 0 Å². The molecule has 186 valence electrons. The van der Waals surface area contributed by atoms with Crippen molar-refractivity contribution < 1.29 is 4.42 Å². The van der Waals surface area contributed by atoms with Crippen molar-refractivity contribution in [1.82, 2.24) is 0 Å². The average molecular weight is 503 g/mol. The monoisotopic (exact) mass is 502 g/mol. The third kappa shape index (κ3) is 4.20. The zero-order valence-electron chi connectivity index (χ0n) is 21.3. The molecule has 0 unspecified atom stereocenters. The maximum atomic E-state index is 6.59. The van der Waals surface area contributed by atoms with E-state index < -0.39 is 0 Å². The van der Waals surface area contributed by atoms with E-state index in [1.165, 1.54) is 0 Å². The first-order valence-electron chi connectivity index (χ1n) is 13.1. The molecule has 7 rings (SSSR count). The topological polar surface area (TPSA) is 19.6 Å². The molecule has 0 fully saturated rings. The fourth-order valence-electron chi connectivity index (χ4n) is 5.27. The summed E-state index contributed by atoms with van der Waals surface area (Å²) in [7, 11) is 0. The normalized spacial score (nSPS) is 11.1. The first-order chi connectivity index (χ1) is 19.4. The van der Waals surface area contributed by atoms with Gasteiger partial charge in [-0.2, -0.15) is 0 Å². The van der Waals surface area contributed by atoms with Crippen molar-refractivity contribution in [3.8, 4) is 0 Å². The molecule has 1 aromatic heterocycles. The highest BCUT2D eigenvalue weighted by Crippen LogP contribution is 2.43. The van der Waals surface area contributed by atoms with Gasteiger partial charge in [0.2, 0.25) is 0 Å². The predicted molar refractivity (Wildman–Crippen MR) is 163 cm³/mol. The van der Waals surface area contributed by atoms with Crippen LogP contribution in [-0.4, -0.2) is 0 Å². The molecule has 0 aliphatic rings. The van der Waals surface area contributed by atoms with Crippen molar-refractivity contribution in [2.24, 2.45) is 0 Å². The summed E-state index contributed by atoms with van der Waals surface area (Å²) in [5.74, 6) is 0. The highest BCUT2D eigenvalue weighted by Gasteiger charge is 2.20. The molecule has 0 saturated carbocycles. The van der Waals surface area contributed by atoms with Crippen LogP contribution in [-0.2, 0) is 0 Å². The van der Waals surface area contributed by atoms with Crippen LogP contribution in [0.4, 0.5) is 34.1 Å². The van der Waals surface area contributed by atoms with E-state index in [9.17, 15) is 0 Å². The largest absolute Gasteiger partial charge is 0.454 e. The van der Waals surface area contributed by atoms with Crippen LogP contribution in [0.1, 0.15) is 0 Å². The van der Waals surface area contributed by atoms with Crippen LogP contribution in [0.15, 0.2) is 162 Å². The van der Waals surface area contributed by atoms with Crippen LogP contribution >= 0.6 is 0 Å². The number of hydrogen-bond donors (Lipinski definition) is 0. The smallest absolute Gasteiger partial charge is 0.159 e. The van der Waals surface area contributed by atoms with Crippen LogP contribution < -0.4 is 9.80 Å². The molecule has 0 atom stereocenters. The van der Waals surface area contributed by atoms with Crippen molar-refractivity contribution in [3.63, 3.8) is 0 Å². The van der Waals surface area contributed by atoms with E-state index in [1.54, 1.807) is 0 Å². The Hall–Kier alpha value is -5.28. The number of fused-ring (bicyclic) bond motifs is 3. The van der Waals surface area contributed by atoms with Gasteiger partial charge < -0.3 is 14.2 Å². The minimum Gasteiger partial charge on any atom is -0.454 e. The molecular formula is C36H26N2O. The zero-order valence-corrected chi connectivity index (χ0v) is 21.3. The lowest BCUT2D eigenvalue weighted by Gasteiger charge is -2.25. The fraction of sp³-hybridized carbons (Fsp3) is 0. The van der Waals surface area contributed by atoms with Crippen LogP contribution in [0.3, 0.4) is 0 Å². The van der Waals surface area contributed by atoms with Crippen molar-refractivity contribution in [2.45, 2.75) is 0 Å². The van der Waals surface area contributed by atoms with Gasteiger partial charge in [-0.1, -0.05) is 84.9 Å². The third-order valence-electron chi connectivity index (χ3n) is 7.02. The fourth-order valence-corrected chi connectivity index (χ4v) is 5.27. The molecule has 0 N–H and O–H groups in total. The second kappa shape index (κ2) is 9.88. The molecule has 0 aliphatic carbocycles. The number of hydrogen-bond acceptors (Lipinski definition) is 3. The quantitative estimate of drug-likeness (QED) is 0.225. The van der Waals surface area contributed by atoms with Gasteiger partial charge in [0.05, 0.1) is 5.69 Å². The van der Waals surface area contributed by atoms with Gasteiger partial charge in [0, 0.05) is 39.2 Å². The number of para-hydroxylation sites is 5. The maximum absolute atomic E-state index is 6.59. The Morgan fingerprint density at radius 2 is 0.846 bits per heavy atom. The predicted octanol–water partition coefficient (Wildman–Crippen LogP) is 10.5. The summed E-state index contributed by atoms with van der Waals surface area (Å²) in [6, 6.07) is 54.7. The summed E-state index contributed by atoms with van der Waals surface area (Å²) in [5.41, 5.74) is 8.19. The number of anilines is 6. The van der Waals surface area contributed by atoms with Crippen molar-refractivity contribution in [3.05, 3.63) is 158 Å². The molecule has 0 amide bonds. The Bertz CT molecular complexity index is 1770. The summed E-state index contributed by atoms with van der Waals surface area (Å²) in [6.07, 6.45) is 0. The Morgan fingerprint density at radius 1 is 0.359 bits per heavy atom. The molecule has 7 aromatic rings. The molecule has 1 heterocycles. The Morgan fingerprint density at radius 3 is 1.36 bits per heavy atom. The summed E-state index contributed by atoms with van der Waals surface area (Å²) in [5, 5.41) is 2.17. The van der Waals surface area contributed by atoms with E-state index in [4.69, 9.17) is 4.42 Å². The Kier molecular flexibility index (Phi) is 5.80. The van der Waals surface area contributed by atoms with Crippen molar-refractivity contribution >= 4 is 56.1 Å². The number of benzene rings is 6. The minimum absolute atomic E-state index is 0.864. The van der Waals surface area contributed by atoms with Gasteiger partial charge in [0.15, 0.2) is 5.58 Å². The first-order valence-corrected chi connectivity index (χ1v) is 13.1. The minimum atomic E-state index is 0.864. The van der Waals surface area contributed by atoms with E-state index in [0.717, 1.165) is 56.1 Å². The highest BCUT2D eigenvalue weighted by molar-refractivity contribution is 6.11. The van der Waals surface area contributed by atoms with Crippen molar-refractivity contribution in [1.29, 1.82) is 0 Å². The summed E-state index contributed by atoms with van der Waals surface area (Å²) >= 11 is 0. The molecule has 6 aromatic carbocycles. The molecule has 3 nitrogen and oxygen atoms in total. The SMILES string of the molecule is c1ccc(N(c2ccccc2)c2ccc3oc4c(N(c5ccccc5)c5ccccc5)cccc4c3c2)cc1. The van der Waals surface area contributed by atoms with Crippen LogP contribution in [0.2, 0.25) is 0 Å². The Balaban J connectivity index is 1.42. The molecular weight excluding hydrogens is 476 g/mol. The molecule has 3 heteroatoms. The number of furan rings is 1. The van der Waals surface area contributed by atoms with E-state index in [2.05, 4.69) is 143 Å². The molecule has 0 saturated heterocycles. The second-order valence-electron chi connectivity index (χ2n) is 9.45. The second-order valence-corrected chi connectivity index (χ2v) is 9.45. The lowest BCUT2D eigenvalue weighted by atomic mass is 10.1. The van der Waals surface area contributed by atoms with Gasteiger partial charge in [-0.25, -0.2) is 0 Å². The molecule has 0 spiro atoms. The first kappa shape index (κ1) is 22.9.